The van der Waals surface area contributed by atoms with E-state index in [-0.39, 0.29) is 11.8 Å². The predicted octanol–water partition coefficient (Wildman–Crippen LogP) is 27.7. The molecule has 0 amide bonds. The van der Waals surface area contributed by atoms with Crippen LogP contribution in [-0.2, 0) is 0 Å². The summed E-state index contributed by atoms with van der Waals surface area (Å²) in [4.78, 5) is 9.93. The van der Waals surface area contributed by atoms with Crippen molar-refractivity contribution in [2.75, 3.05) is 19.6 Å². The molecule has 0 saturated carbocycles. The maximum Gasteiger partial charge on any atom is 0.0724 e. The van der Waals surface area contributed by atoms with Gasteiger partial charge in [0.15, 0.2) is 0 Å². The first-order chi connectivity index (χ1) is 53.5. The van der Waals surface area contributed by atoms with Crippen LogP contribution < -0.4 is 19.6 Å². The minimum Gasteiger partial charge on any atom is -0.310 e. The van der Waals surface area contributed by atoms with E-state index in [9.17, 15) is 0 Å². The highest BCUT2D eigenvalue weighted by Gasteiger charge is 2.37. The Bertz CT molecular complexity index is 6240. The zero-order valence-electron chi connectivity index (χ0n) is 59.8. The van der Waals surface area contributed by atoms with Crippen LogP contribution in [0.25, 0.3) is 76.5 Å². The van der Waals surface area contributed by atoms with Crippen molar-refractivity contribution in [2.24, 2.45) is 0 Å². The summed E-state index contributed by atoms with van der Waals surface area (Å²) in [6.45, 7) is 4.67. The molecule has 1 atom stereocenters. The van der Waals surface area contributed by atoms with Gasteiger partial charge in [0, 0.05) is 78.9 Å². The lowest BCUT2D eigenvalue weighted by molar-refractivity contribution is 0.921. The lowest BCUT2D eigenvalue weighted by Gasteiger charge is -2.41. The second-order valence-corrected chi connectivity index (χ2v) is 28.8. The van der Waals surface area contributed by atoms with Crippen LogP contribution in [0.2, 0.25) is 0 Å². The summed E-state index contributed by atoms with van der Waals surface area (Å²) in [6.07, 6.45) is 0. The van der Waals surface area contributed by atoms with Crippen molar-refractivity contribution in [2.45, 2.75) is 25.7 Å². The molecular weight excluding hydrogens is 1310 g/mol. The molecule has 2 aliphatic heterocycles. The standard InChI is InChI=1S/C102H72N6/c1-67-82-58-56-80(108-95-54-28-27-53-94(95)107(78-46-30-45-77(60-78)103(73-37-13-5-14-38-73)74-39-15-6-16-40-74)99-64-89-84-48-22-25-51-92(84)105(97(89)66-100(99)108)76-43-19-8-20-44-76)62-87(82)68(2)81-57-55-79(61-86(67)81)106-93-52-26-23-49-85(93)102(72-36-29-35-71(59-72)101(69-31-9-3-10-32-69)70-33-11-4-12-34-70)90-63-88-83-47-21-24-50-91(83)104(96(88)65-98(90)106)75-41-17-7-18-42-75/h3-66,101-102H,1-2H3. The van der Waals surface area contributed by atoms with Crippen LogP contribution in [0.5, 0.6) is 0 Å². The number of hydrogen-bond donors (Lipinski definition) is 0. The number of rotatable bonds is 12. The van der Waals surface area contributed by atoms with Gasteiger partial charge < -0.3 is 28.7 Å². The molecule has 0 saturated heterocycles. The van der Waals surface area contributed by atoms with E-state index in [1.165, 1.54) is 104 Å². The summed E-state index contributed by atoms with van der Waals surface area (Å²) < 4.78 is 4.91. The van der Waals surface area contributed by atoms with Crippen LogP contribution in [0.1, 0.15) is 56.3 Å². The summed E-state index contributed by atoms with van der Waals surface area (Å²) in [6, 6.07) is 144. The number of aryl methyl sites for hydroxylation is 2. The number of para-hydroxylation sites is 9. The van der Waals surface area contributed by atoms with Crippen molar-refractivity contribution >= 4 is 133 Å². The number of nitrogens with zero attached hydrogens (tertiary/aromatic N) is 6. The van der Waals surface area contributed by atoms with Crippen LogP contribution in [0, 0.1) is 13.8 Å². The monoisotopic (exact) mass is 1380 g/mol. The van der Waals surface area contributed by atoms with Gasteiger partial charge in [-0.1, -0.05) is 243 Å². The van der Waals surface area contributed by atoms with E-state index in [4.69, 9.17) is 0 Å². The normalized spacial score (nSPS) is 13.2. The Kier molecular flexibility index (Phi) is 14.8. The molecule has 0 bridgehead atoms. The Hall–Kier alpha value is -13.9. The molecule has 2 aliphatic rings. The number of hydrogen-bond acceptors (Lipinski definition) is 4. The molecular formula is C102H72N6. The van der Waals surface area contributed by atoms with Crippen LogP contribution in [0.3, 0.4) is 0 Å². The largest absolute Gasteiger partial charge is 0.310 e. The molecule has 21 rings (SSSR count). The maximum atomic E-state index is 2.57. The molecule has 4 heterocycles. The van der Waals surface area contributed by atoms with Crippen LogP contribution in [0.15, 0.2) is 388 Å². The third-order valence-corrected chi connectivity index (χ3v) is 22.9. The van der Waals surface area contributed by atoms with Gasteiger partial charge >= 0.3 is 0 Å². The van der Waals surface area contributed by atoms with Gasteiger partial charge in [0.25, 0.3) is 0 Å². The number of aromatic nitrogens is 2. The Morgan fingerprint density at radius 3 is 1.19 bits per heavy atom. The second-order valence-electron chi connectivity index (χ2n) is 28.8. The summed E-state index contributed by atoms with van der Waals surface area (Å²) in [5.41, 5.74) is 30.1. The Morgan fingerprint density at radius 2 is 0.639 bits per heavy atom. The highest BCUT2D eigenvalue weighted by Crippen LogP contribution is 2.59. The number of fused-ring (bicyclic) bond motifs is 12. The molecule has 2 aromatic heterocycles. The fourth-order valence-corrected chi connectivity index (χ4v) is 18.1. The van der Waals surface area contributed by atoms with Crippen molar-refractivity contribution in [3.63, 3.8) is 0 Å². The van der Waals surface area contributed by atoms with E-state index in [1.807, 2.05) is 0 Å². The van der Waals surface area contributed by atoms with Gasteiger partial charge in [-0.3, -0.25) is 0 Å². The maximum absolute atomic E-state index is 2.57. The second kappa shape index (κ2) is 25.4. The molecule has 0 N–H and O–H groups in total. The van der Waals surface area contributed by atoms with Crippen molar-refractivity contribution in [3.8, 4) is 11.4 Å². The molecule has 1 unspecified atom stereocenters. The minimum absolute atomic E-state index is 0.0454. The molecule has 19 aromatic rings. The predicted molar refractivity (Wildman–Crippen MR) is 453 cm³/mol. The van der Waals surface area contributed by atoms with Gasteiger partial charge in [0.2, 0.25) is 0 Å². The van der Waals surface area contributed by atoms with E-state index in [1.54, 1.807) is 0 Å². The average molecular weight is 1380 g/mol. The fourth-order valence-electron chi connectivity index (χ4n) is 18.1. The fraction of sp³-hybridized carbons (Fsp3) is 0.0392. The van der Waals surface area contributed by atoms with Gasteiger partial charge in [0.05, 0.1) is 56.2 Å². The van der Waals surface area contributed by atoms with Crippen molar-refractivity contribution < 1.29 is 0 Å². The zero-order chi connectivity index (χ0) is 71.5. The summed E-state index contributed by atoms with van der Waals surface area (Å²) in [5, 5.41) is 9.74. The summed E-state index contributed by atoms with van der Waals surface area (Å²) >= 11 is 0. The molecule has 0 radical (unpaired) electrons. The van der Waals surface area contributed by atoms with Crippen LogP contribution in [-0.4, -0.2) is 9.13 Å². The Balaban J connectivity index is 0.739. The van der Waals surface area contributed by atoms with E-state index >= 15 is 0 Å². The first-order valence-corrected chi connectivity index (χ1v) is 37.5. The van der Waals surface area contributed by atoms with Crippen molar-refractivity contribution in [1.82, 2.24) is 9.13 Å². The Labute approximate surface area is 628 Å². The van der Waals surface area contributed by atoms with E-state index in [2.05, 4.69) is 431 Å². The third-order valence-electron chi connectivity index (χ3n) is 22.9. The van der Waals surface area contributed by atoms with Gasteiger partial charge in [-0.05, 0) is 225 Å². The van der Waals surface area contributed by atoms with E-state index in [0.717, 1.165) is 85.0 Å². The highest BCUT2D eigenvalue weighted by molar-refractivity contribution is 6.17. The topological polar surface area (TPSA) is 22.8 Å². The SMILES string of the molecule is Cc1c2ccc(N3c4ccccc4N(c4cccc(N(c5ccccc5)c5ccccc5)c4)c4cc5c6ccccc6n(-c6ccccc6)c5cc43)cc2c(C)c2ccc(N3c4ccccc4C(c4cccc(C(c5ccccc5)c5ccccc5)c4)c4cc5c6ccccc6n(-c6ccccc6)c5cc43)cc12. The smallest absolute Gasteiger partial charge is 0.0724 e. The van der Waals surface area contributed by atoms with E-state index < -0.39 is 0 Å². The van der Waals surface area contributed by atoms with Crippen LogP contribution >= 0.6 is 0 Å². The molecule has 6 nitrogen and oxygen atoms in total. The summed E-state index contributed by atoms with van der Waals surface area (Å²) in [7, 11) is 0. The van der Waals surface area contributed by atoms with Gasteiger partial charge in [-0.2, -0.15) is 0 Å². The van der Waals surface area contributed by atoms with E-state index in [0.29, 0.717) is 0 Å². The molecule has 0 fully saturated rings. The molecule has 6 heteroatoms. The zero-order valence-corrected chi connectivity index (χ0v) is 59.8. The Morgan fingerprint density at radius 1 is 0.231 bits per heavy atom. The molecule has 17 aromatic carbocycles. The average Bonchev–Trinajstić information content (AvgIpc) is 1.41. The number of benzene rings is 17. The molecule has 510 valence electrons. The first-order valence-electron chi connectivity index (χ1n) is 37.5. The number of anilines is 12. The molecule has 0 spiro atoms. The van der Waals surface area contributed by atoms with Crippen LogP contribution in [0.4, 0.5) is 68.2 Å². The minimum atomic E-state index is -0.0886. The van der Waals surface area contributed by atoms with Crippen molar-refractivity contribution in [3.05, 3.63) is 433 Å². The molecule has 0 aliphatic carbocycles. The lowest BCUT2D eigenvalue weighted by atomic mass is 9.77. The molecule has 108 heavy (non-hydrogen) atoms. The van der Waals surface area contributed by atoms with Gasteiger partial charge in [-0.25, -0.2) is 0 Å². The quantitative estimate of drug-likeness (QED) is 0.0898. The third kappa shape index (κ3) is 10.0. The summed E-state index contributed by atoms with van der Waals surface area (Å²) in [5.74, 6) is -0.0432. The first kappa shape index (κ1) is 62.6. The van der Waals surface area contributed by atoms with Crippen molar-refractivity contribution in [1.29, 1.82) is 0 Å². The van der Waals surface area contributed by atoms with Gasteiger partial charge in [-0.15, -0.1) is 0 Å². The highest BCUT2D eigenvalue weighted by atomic mass is 15.3. The van der Waals surface area contributed by atoms with Gasteiger partial charge in [0.1, 0.15) is 0 Å². The lowest BCUT2D eigenvalue weighted by Crippen LogP contribution is -2.24.